The first-order chi connectivity index (χ1) is 10.2. The second kappa shape index (κ2) is 8.09. The summed E-state index contributed by atoms with van der Waals surface area (Å²) < 4.78 is 0.772. The van der Waals surface area contributed by atoms with Crippen LogP contribution in [0.15, 0.2) is 41.2 Å². The lowest BCUT2D eigenvalue weighted by molar-refractivity contribution is 0.221. The fourth-order valence-corrected chi connectivity index (χ4v) is 3.51. The molecule has 1 aliphatic heterocycles. The largest absolute Gasteiger partial charge is 0.404 e. The molecule has 2 atom stereocenters. The van der Waals surface area contributed by atoms with E-state index in [1.807, 2.05) is 19.1 Å². The van der Waals surface area contributed by atoms with Crippen molar-refractivity contribution in [3.8, 4) is 0 Å². The lowest BCUT2D eigenvalue weighted by Crippen LogP contribution is -2.33. The normalized spacial score (nSPS) is 28.0. The van der Waals surface area contributed by atoms with Crippen LogP contribution < -0.4 is 5.73 Å². The van der Waals surface area contributed by atoms with Crippen molar-refractivity contribution in [1.82, 2.24) is 9.80 Å². The van der Waals surface area contributed by atoms with Crippen LogP contribution in [0.1, 0.15) is 20.3 Å². The Morgan fingerprint density at radius 1 is 1.50 bits per heavy atom. The highest BCUT2D eigenvalue weighted by Crippen LogP contribution is 2.37. The van der Waals surface area contributed by atoms with Crippen molar-refractivity contribution >= 4 is 20.6 Å². The number of halogens is 1. The maximum absolute atomic E-state index is 5.45. The van der Waals surface area contributed by atoms with E-state index in [0.29, 0.717) is 0 Å². The number of aliphatic imine (C=N–C) groups is 1. The van der Waals surface area contributed by atoms with E-state index < -0.39 is 0 Å². The van der Waals surface area contributed by atoms with E-state index in [-0.39, 0.29) is 11.5 Å². The number of nitrogens with two attached hydrogens (primary N) is 1. The summed E-state index contributed by atoms with van der Waals surface area (Å²) in [6.07, 6.45) is 6.48. The van der Waals surface area contributed by atoms with Crippen LogP contribution in [0.4, 0.5) is 0 Å². The second-order valence-corrected chi connectivity index (χ2v) is 7.67. The first-order valence-corrected chi connectivity index (χ1v) is 8.31. The molecule has 5 heteroatoms. The summed E-state index contributed by atoms with van der Waals surface area (Å²) in [6, 6.07) is 0.289. The van der Waals surface area contributed by atoms with Crippen molar-refractivity contribution in [2.45, 2.75) is 26.3 Å². The van der Waals surface area contributed by atoms with Crippen molar-refractivity contribution in [3.63, 3.8) is 0 Å². The molecule has 0 aromatic carbocycles. The maximum Gasteiger partial charge on any atom is 0.106 e. The highest BCUT2D eigenvalue weighted by molar-refractivity contribution is 9.18. The minimum Gasteiger partial charge on any atom is -0.404 e. The van der Waals surface area contributed by atoms with Gasteiger partial charge in [-0.2, -0.15) is 0 Å². The Morgan fingerprint density at radius 3 is 2.68 bits per heavy atom. The van der Waals surface area contributed by atoms with E-state index in [2.05, 4.69) is 65.4 Å². The maximum atomic E-state index is 5.45. The molecule has 0 aromatic heterocycles. The van der Waals surface area contributed by atoms with Crippen molar-refractivity contribution < 1.29 is 0 Å². The van der Waals surface area contributed by atoms with Gasteiger partial charge in [-0.1, -0.05) is 19.6 Å². The molecular weight excluding hydrogens is 340 g/mol. The monoisotopic (exact) mass is 368 g/mol. The molecule has 22 heavy (non-hydrogen) atoms. The summed E-state index contributed by atoms with van der Waals surface area (Å²) in [6.45, 7) is 10.6. The van der Waals surface area contributed by atoms with Crippen molar-refractivity contribution in [2.75, 3.05) is 34.2 Å². The van der Waals surface area contributed by atoms with Gasteiger partial charge in [0.05, 0.1) is 11.7 Å². The summed E-state index contributed by atoms with van der Waals surface area (Å²) in [5.74, 6) is 0. The number of likely N-dealkylation sites (N-methyl/N-ethyl adjacent to an activating group) is 1. The van der Waals surface area contributed by atoms with Gasteiger partial charge in [0.1, 0.15) is 4.62 Å². The predicted octanol–water partition coefficient (Wildman–Crippen LogP) is 2.98. The van der Waals surface area contributed by atoms with Gasteiger partial charge in [0, 0.05) is 13.1 Å². The van der Waals surface area contributed by atoms with Gasteiger partial charge in [-0.25, -0.2) is 4.99 Å². The molecule has 0 radical (unpaired) electrons. The minimum atomic E-state index is 0.280. The first-order valence-electron chi connectivity index (χ1n) is 7.51. The molecule has 1 rings (SSSR count). The zero-order valence-corrected chi connectivity index (χ0v) is 16.0. The summed E-state index contributed by atoms with van der Waals surface area (Å²) >= 11 is 3.48. The molecule has 0 spiro atoms. The molecule has 124 valence electrons. The van der Waals surface area contributed by atoms with Crippen molar-refractivity contribution in [3.05, 3.63) is 36.2 Å². The van der Waals surface area contributed by atoms with E-state index in [1.54, 1.807) is 6.20 Å². The zero-order valence-electron chi connectivity index (χ0n) is 14.4. The number of rotatable bonds is 6. The fourth-order valence-electron chi connectivity index (χ4n) is 3.15. The third kappa shape index (κ3) is 5.71. The zero-order chi connectivity index (χ0) is 16.9. The van der Waals surface area contributed by atoms with Crippen LogP contribution in [0.25, 0.3) is 0 Å². The number of likely N-dealkylation sites (tertiary alicyclic amines) is 1. The Bertz CT molecular complexity index is 493. The Balaban J connectivity index is 2.75. The van der Waals surface area contributed by atoms with E-state index in [9.17, 15) is 0 Å². The van der Waals surface area contributed by atoms with E-state index in [4.69, 9.17) is 5.73 Å². The van der Waals surface area contributed by atoms with Crippen molar-refractivity contribution in [1.29, 1.82) is 0 Å². The van der Waals surface area contributed by atoms with Crippen LogP contribution in [0.3, 0.4) is 0 Å². The highest BCUT2D eigenvalue weighted by Gasteiger charge is 2.40. The summed E-state index contributed by atoms with van der Waals surface area (Å²) in [4.78, 5) is 9.19. The van der Waals surface area contributed by atoms with Gasteiger partial charge in [0.25, 0.3) is 0 Å². The lowest BCUT2D eigenvalue weighted by Gasteiger charge is -2.27. The van der Waals surface area contributed by atoms with Gasteiger partial charge in [-0.05, 0) is 73.7 Å². The van der Waals surface area contributed by atoms with Crippen molar-refractivity contribution in [2.24, 2.45) is 16.1 Å². The standard InChI is InChI=1S/C17H29BrN4/c1-13(10-19)7-8-16(18)20-14(2)15-9-17(3,11-21(4)5)12-22(15)6/h7-8,10,15H,2,9,11-12,19H2,1,3-6H3/b8-7-,13-10+,20-16+. The van der Waals surface area contributed by atoms with Crippen LogP contribution in [-0.4, -0.2) is 54.7 Å². The Hall–Kier alpha value is -0.910. The van der Waals surface area contributed by atoms with Gasteiger partial charge < -0.3 is 10.6 Å². The molecule has 1 saturated heterocycles. The quantitative estimate of drug-likeness (QED) is 0.578. The fraction of sp³-hybridized carbons (Fsp3) is 0.588. The third-order valence-electron chi connectivity index (χ3n) is 3.93. The Labute approximate surface area is 143 Å². The van der Waals surface area contributed by atoms with Crippen LogP contribution in [0, 0.1) is 5.41 Å². The van der Waals surface area contributed by atoms with Crippen LogP contribution >= 0.6 is 15.9 Å². The van der Waals surface area contributed by atoms with E-state index in [1.165, 1.54) is 0 Å². The van der Waals surface area contributed by atoms with Gasteiger partial charge >= 0.3 is 0 Å². The highest BCUT2D eigenvalue weighted by atomic mass is 79.9. The van der Waals surface area contributed by atoms with Crippen LogP contribution in [0.2, 0.25) is 0 Å². The van der Waals surface area contributed by atoms with Crippen LogP contribution in [-0.2, 0) is 0 Å². The molecule has 0 bridgehead atoms. The summed E-state index contributed by atoms with van der Waals surface area (Å²) in [5, 5.41) is 0. The number of allylic oxidation sites excluding steroid dienone is 3. The van der Waals surface area contributed by atoms with E-state index in [0.717, 1.165) is 35.4 Å². The number of hydrogen-bond donors (Lipinski definition) is 1. The number of hydrogen-bond acceptors (Lipinski definition) is 4. The van der Waals surface area contributed by atoms with Gasteiger partial charge in [-0.3, -0.25) is 4.90 Å². The molecule has 0 saturated carbocycles. The molecular formula is C17H29BrN4. The molecule has 0 aliphatic carbocycles. The third-order valence-corrected chi connectivity index (χ3v) is 4.37. The average Bonchev–Trinajstić information content (AvgIpc) is 2.69. The smallest absolute Gasteiger partial charge is 0.106 e. The van der Waals surface area contributed by atoms with Gasteiger partial charge in [0.2, 0.25) is 0 Å². The molecule has 1 fully saturated rings. The molecule has 2 unspecified atom stereocenters. The topological polar surface area (TPSA) is 44.9 Å². The molecule has 0 amide bonds. The molecule has 4 nitrogen and oxygen atoms in total. The molecule has 1 aliphatic rings. The van der Waals surface area contributed by atoms with Gasteiger partial charge in [0.15, 0.2) is 0 Å². The Morgan fingerprint density at radius 2 is 2.14 bits per heavy atom. The lowest BCUT2D eigenvalue weighted by atomic mass is 9.87. The van der Waals surface area contributed by atoms with E-state index >= 15 is 0 Å². The molecule has 2 N–H and O–H groups in total. The SMILES string of the molecule is C=C(\N=C(Br)/C=C\C(C)=C\N)C1CC(C)(CN(C)C)CN1C. The molecule has 0 aromatic rings. The second-order valence-electron chi connectivity index (χ2n) is 6.85. The average molecular weight is 369 g/mol. The number of nitrogens with zero attached hydrogens (tertiary/aromatic N) is 3. The van der Waals surface area contributed by atoms with Crippen LogP contribution in [0.5, 0.6) is 0 Å². The predicted molar refractivity (Wildman–Crippen MR) is 100 cm³/mol. The summed E-state index contributed by atoms with van der Waals surface area (Å²) in [5.41, 5.74) is 7.62. The molecule has 1 heterocycles. The Kier molecular flexibility index (Phi) is 7.03. The summed E-state index contributed by atoms with van der Waals surface area (Å²) in [7, 11) is 6.40. The van der Waals surface area contributed by atoms with Gasteiger partial charge in [-0.15, -0.1) is 0 Å². The first kappa shape index (κ1) is 19.1. The minimum absolute atomic E-state index is 0.280.